The highest BCUT2D eigenvalue weighted by atomic mass is 35.5. The third-order valence-corrected chi connectivity index (χ3v) is 6.32. The minimum absolute atomic E-state index is 0.212. The first-order valence-corrected chi connectivity index (χ1v) is 14.3. The summed E-state index contributed by atoms with van der Waals surface area (Å²) in [5.74, 6) is -0.518. The van der Waals surface area contributed by atoms with Crippen molar-refractivity contribution >= 4 is 47.2 Å². The van der Waals surface area contributed by atoms with Crippen molar-refractivity contribution < 1.29 is 33.3 Å². The highest BCUT2D eigenvalue weighted by Crippen LogP contribution is 2.29. The maximum atomic E-state index is 13.2. The number of amides is 2. The molecule has 10 nitrogen and oxygen atoms in total. The maximum Gasteiger partial charge on any atom is 0.344 e. The first-order chi connectivity index (χ1) is 20.7. The second kappa shape index (κ2) is 17.0. The molecule has 3 aromatic carbocycles. The van der Waals surface area contributed by atoms with Crippen LogP contribution in [-0.2, 0) is 25.5 Å². The number of ether oxygens (including phenoxy) is 4. The van der Waals surface area contributed by atoms with Gasteiger partial charge >= 0.3 is 5.97 Å². The average molecular weight is 631 g/mol. The van der Waals surface area contributed by atoms with Gasteiger partial charge in [-0.1, -0.05) is 53.5 Å². The van der Waals surface area contributed by atoms with Crippen LogP contribution in [-0.4, -0.2) is 56.0 Å². The highest BCUT2D eigenvalue weighted by molar-refractivity contribution is 6.35. The zero-order chi connectivity index (χ0) is 31.2. The van der Waals surface area contributed by atoms with E-state index in [2.05, 4.69) is 15.8 Å². The van der Waals surface area contributed by atoms with Crippen molar-refractivity contribution in [1.82, 2.24) is 10.7 Å². The molecule has 2 atom stereocenters. The highest BCUT2D eigenvalue weighted by Gasteiger charge is 2.25. The van der Waals surface area contributed by atoms with E-state index in [4.69, 9.17) is 42.1 Å². The van der Waals surface area contributed by atoms with Crippen molar-refractivity contribution in [2.24, 2.45) is 5.10 Å². The molecule has 0 radical (unpaired) electrons. The molecule has 0 aromatic heterocycles. The van der Waals surface area contributed by atoms with Crippen molar-refractivity contribution in [3.8, 4) is 17.2 Å². The van der Waals surface area contributed by atoms with Crippen LogP contribution >= 0.6 is 23.2 Å². The van der Waals surface area contributed by atoms with Gasteiger partial charge in [-0.2, -0.15) is 5.10 Å². The molecule has 3 aromatic rings. The Hall–Kier alpha value is -4.28. The SMILES string of the molecule is CCOC(=O)COc1ccc(/C=N\NC(=O)[C@H](Cc2ccccc2)NC(=O)[C@H](C)Oc2ccc(Cl)cc2Cl)cc1OCC. The van der Waals surface area contributed by atoms with Crippen LogP contribution in [0.15, 0.2) is 71.8 Å². The van der Waals surface area contributed by atoms with E-state index < -0.39 is 29.9 Å². The molecule has 2 N–H and O–H groups in total. The molecule has 43 heavy (non-hydrogen) atoms. The Bertz CT molecular complexity index is 1420. The number of nitrogens with zero attached hydrogens (tertiary/aromatic N) is 1. The van der Waals surface area contributed by atoms with Gasteiger partial charge in [0.05, 0.1) is 24.5 Å². The van der Waals surface area contributed by atoms with Crippen LogP contribution in [0.4, 0.5) is 0 Å². The molecule has 0 heterocycles. The molecule has 0 aliphatic rings. The molecule has 3 rings (SSSR count). The number of esters is 1. The molecule has 0 unspecified atom stereocenters. The monoisotopic (exact) mass is 629 g/mol. The van der Waals surface area contributed by atoms with E-state index in [0.29, 0.717) is 28.7 Å². The van der Waals surface area contributed by atoms with E-state index in [1.54, 1.807) is 44.2 Å². The number of rotatable bonds is 15. The number of carbonyl (C=O) groups excluding carboxylic acids is 3. The lowest BCUT2D eigenvalue weighted by atomic mass is 10.1. The molecular formula is C31H33Cl2N3O7. The summed E-state index contributed by atoms with van der Waals surface area (Å²) in [6, 6.07) is 17.9. The van der Waals surface area contributed by atoms with Gasteiger partial charge in [-0.15, -0.1) is 0 Å². The topological polar surface area (TPSA) is 125 Å². The third kappa shape index (κ3) is 10.8. The molecule has 228 valence electrons. The molecule has 0 saturated carbocycles. The van der Waals surface area contributed by atoms with Gasteiger partial charge in [0.25, 0.3) is 11.8 Å². The number of halogens is 2. The standard InChI is InChI=1S/C31H33Cl2N3O7/c1-4-40-28-16-22(11-13-27(28)42-19-29(37)41-5-2)18-34-36-31(39)25(15-21-9-7-6-8-10-21)35-30(38)20(3)43-26-14-12-23(32)17-24(26)33/h6-14,16-18,20,25H,4-5,15,19H2,1-3H3,(H,35,38)(H,36,39)/b34-18-/t20-,25-/m0/s1. The molecule has 2 amide bonds. The number of benzene rings is 3. The molecule has 0 aliphatic carbocycles. The average Bonchev–Trinajstić information content (AvgIpc) is 2.98. The van der Waals surface area contributed by atoms with E-state index in [1.165, 1.54) is 12.3 Å². The van der Waals surface area contributed by atoms with Gasteiger partial charge in [-0.3, -0.25) is 9.59 Å². The van der Waals surface area contributed by atoms with Gasteiger partial charge in [-0.25, -0.2) is 10.2 Å². The van der Waals surface area contributed by atoms with Gasteiger partial charge < -0.3 is 24.3 Å². The van der Waals surface area contributed by atoms with Crippen LogP contribution in [0, 0.1) is 0 Å². The van der Waals surface area contributed by atoms with Gasteiger partial charge in [0.2, 0.25) is 0 Å². The molecule has 0 saturated heterocycles. The maximum absolute atomic E-state index is 13.2. The smallest absolute Gasteiger partial charge is 0.344 e. The summed E-state index contributed by atoms with van der Waals surface area (Å²) < 4.78 is 21.7. The predicted molar refractivity (Wildman–Crippen MR) is 164 cm³/mol. The molecule has 0 aliphatic heterocycles. The molecule has 0 fully saturated rings. The second-order valence-electron chi connectivity index (χ2n) is 9.05. The summed E-state index contributed by atoms with van der Waals surface area (Å²) in [6.07, 6.45) is 0.670. The molecule has 0 bridgehead atoms. The van der Waals surface area contributed by atoms with Gasteiger partial charge in [0.1, 0.15) is 11.8 Å². The van der Waals surface area contributed by atoms with E-state index in [1.807, 2.05) is 37.3 Å². The second-order valence-corrected chi connectivity index (χ2v) is 9.90. The minimum atomic E-state index is -0.963. The lowest BCUT2D eigenvalue weighted by molar-refractivity contribution is -0.145. The van der Waals surface area contributed by atoms with Crippen molar-refractivity contribution in [2.45, 2.75) is 39.3 Å². The minimum Gasteiger partial charge on any atom is -0.490 e. The first-order valence-electron chi connectivity index (χ1n) is 13.5. The quantitative estimate of drug-likeness (QED) is 0.138. The summed E-state index contributed by atoms with van der Waals surface area (Å²) in [5.41, 5.74) is 3.92. The van der Waals surface area contributed by atoms with Crippen LogP contribution in [0.2, 0.25) is 10.0 Å². The van der Waals surface area contributed by atoms with Gasteiger partial charge in [0, 0.05) is 11.4 Å². The fourth-order valence-corrected chi connectivity index (χ4v) is 4.20. The Morgan fingerprint density at radius 2 is 1.63 bits per heavy atom. The lowest BCUT2D eigenvalue weighted by Crippen LogP contribution is -2.50. The fraction of sp³-hybridized carbons (Fsp3) is 0.290. The van der Waals surface area contributed by atoms with E-state index in [-0.39, 0.29) is 30.4 Å². The molecule has 0 spiro atoms. The fourth-order valence-electron chi connectivity index (χ4n) is 3.74. The largest absolute Gasteiger partial charge is 0.490 e. The van der Waals surface area contributed by atoms with Crippen molar-refractivity contribution in [2.75, 3.05) is 19.8 Å². The van der Waals surface area contributed by atoms with Crippen LogP contribution in [0.3, 0.4) is 0 Å². The summed E-state index contributed by atoms with van der Waals surface area (Å²) in [4.78, 5) is 37.8. The van der Waals surface area contributed by atoms with Crippen LogP contribution in [0.25, 0.3) is 0 Å². The molecule has 12 heteroatoms. The molecular weight excluding hydrogens is 597 g/mol. The van der Waals surface area contributed by atoms with Crippen LogP contribution < -0.4 is 25.0 Å². The Labute approximate surface area is 260 Å². The zero-order valence-electron chi connectivity index (χ0n) is 24.0. The Balaban J connectivity index is 1.68. The van der Waals surface area contributed by atoms with Crippen LogP contribution in [0.5, 0.6) is 17.2 Å². The summed E-state index contributed by atoms with van der Waals surface area (Å²) in [7, 11) is 0. The number of hydrazone groups is 1. The van der Waals surface area contributed by atoms with Crippen molar-refractivity contribution in [3.05, 3.63) is 87.9 Å². The summed E-state index contributed by atoms with van der Waals surface area (Å²) in [5, 5.41) is 7.49. The predicted octanol–water partition coefficient (Wildman–Crippen LogP) is 4.98. The Kier molecular flexibility index (Phi) is 13.1. The van der Waals surface area contributed by atoms with Crippen LogP contribution in [0.1, 0.15) is 31.9 Å². The number of carbonyl (C=O) groups is 3. The van der Waals surface area contributed by atoms with E-state index in [9.17, 15) is 14.4 Å². The third-order valence-electron chi connectivity index (χ3n) is 5.79. The Morgan fingerprint density at radius 3 is 2.33 bits per heavy atom. The summed E-state index contributed by atoms with van der Waals surface area (Å²) >= 11 is 12.1. The first kappa shape index (κ1) is 33.2. The summed E-state index contributed by atoms with van der Waals surface area (Å²) in [6.45, 7) is 5.42. The van der Waals surface area contributed by atoms with Gasteiger partial charge in [-0.05, 0) is 68.3 Å². The van der Waals surface area contributed by atoms with E-state index in [0.717, 1.165) is 5.56 Å². The number of hydrogen-bond donors (Lipinski definition) is 2. The number of nitrogens with one attached hydrogen (secondary N) is 2. The Morgan fingerprint density at radius 1 is 0.884 bits per heavy atom. The van der Waals surface area contributed by atoms with Crippen molar-refractivity contribution in [3.63, 3.8) is 0 Å². The zero-order valence-corrected chi connectivity index (χ0v) is 25.5. The lowest BCUT2D eigenvalue weighted by Gasteiger charge is -2.21. The number of hydrogen-bond acceptors (Lipinski definition) is 8. The van der Waals surface area contributed by atoms with Crippen molar-refractivity contribution in [1.29, 1.82) is 0 Å². The van der Waals surface area contributed by atoms with Gasteiger partial charge in [0.15, 0.2) is 24.2 Å². The van der Waals surface area contributed by atoms with E-state index >= 15 is 0 Å². The normalized spacial score (nSPS) is 12.2.